The molecule has 0 spiro atoms. The average molecular weight is 271 g/mol. The minimum atomic E-state index is 0.441. The molecule has 0 aliphatic heterocycles. The highest BCUT2D eigenvalue weighted by Crippen LogP contribution is 2.30. The monoisotopic (exact) mass is 271 g/mol. The second-order valence-electron chi connectivity index (χ2n) is 5.97. The number of nitrogens with zero attached hydrogens (tertiary/aromatic N) is 2. The topological polar surface area (TPSA) is 48.7 Å². The Kier molecular flexibility index (Phi) is 5.00. The maximum atomic E-state index is 9.36. The number of pyridine rings is 1. The number of aryl methyl sites for hydroxylation is 2. The van der Waals surface area contributed by atoms with Crippen molar-refractivity contribution in [2.24, 2.45) is 5.92 Å². The van der Waals surface area contributed by atoms with E-state index in [0.29, 0.717) is 11.6 Å². The standard InChI is InChI=1S/C17H25N3/c1-4-16(14-8-6-5-7-9-14)20-17-15(11-18)12(2)10-13(3)19-17/h10,14,16H,4-9H2,1-3H3,(H,19,20). The van der Waals surface area contributed by atoms with Crippen LogP contribution in [0.3, 0.4) is 0 Å². The van der Waals surface area contributed by atoms with Crippen LogP contribution in [0, 0.1) is 31.1 Å². The van der Waals surface area contributed by atoms with E-state index < -0.39 is 0 Å². The second kappa shape index (κ2) is 6.74. The van der Waals surface area contributed by atoms with Crippen LogP contribution in [0.15, 0.2) is 6.07 Å². The van der Waals surface area contributed by atoms with Crippen molar-refractivity contribution < 1.29 is 0 Å². The molecular formula is C17H25N3. The molecule has 1 unspecified atom stereocenters. The summed E-state index contributed by atoms with van der Waals surface area (Å²) in [5.74, 6) is 1.50. The van der Waals surface area contributed by atoms with Crippen molar-refractivity contribution in [1.29, 1.82) is 5.26 Å². The summed E-state index contributed by atoms with van der Waals surface area (Å²) in [6.07, 6.45) is 7.75. The van der Waals surface area contributed by atoms with Gasteiger partial charge in [0.05, 0.1) is 5.56 Å². The number of anilines is 1. The first-order valence-corrected chi connectivity index (χ1v) is 7.80. The molecule has 3 heteroatoms. The average Bonchev–Trinajstić information content (AvgIpc) is 2.45. The minimum Gasteiger partial charge on any atom is -0.366 e. The molecule has 1 aliphatic rings. The summed E-state index contributed by atoms with van der Waals surface area (Å²) in [6.45, 7) is 6.20. The zero-order chi connectivity index (χ0) is 14.5. The third-order valence-electron chi connectivity index (χ3n) is 4.44. The van der Waals surface area contributed by atoms with Gasteiger partial charge in [-0.1, -0.05) is 26.2 Å². The molecule has 1 aromatic heterocycles. The van der Waals surface area contributed by atoms with Crippen LogP contribution in [-0.4, -0.2) is 11.0 Å². The lowest BCUT2D eigenvalue weighted by Crippen LogP contribution is -2.31. The highest BCUT2D eigenvalue weighted by molar-refractivity contribution is 5.56. The van der Waals surface area contributed by atoms with Crippen molar-refractivity contribution in [3.8, 4) is 6.07 Å². The molecule has 0 bridgehead atoms. The molecule has 1 atom stereocenters. The first-order valence-electron chi connectivity index (χ1n) is 7.80. The Bertz CT molecular complexity index is 496. The number of hydrogen-bond donors (Lipinski definition) is 1. The first-order chi connectivity index (χ1) is 9.65. The molecule has 0 radical (unpaired) electrons. The summed E-state index contributed by atoms with van der Waals surface area (Å²) in [4.78, 5) is 4.55. The molecule has 20 heavy (non-hydrogen) atoms. The molecule has 1 saturated carbocycles. The normalized spacial score (nSPS) is 17.5. The number of nitriles is 1. The first kappa shape index (κ1) is 14.8. The number of hydrogen-bond acceptors (Lipinski definition) is 3. The highest BCUT2D eigenvalue weighted by Gasteiger charge is 2.23. The van der Waals surface area contributed by atoms with Gasteiger partial charge in [0, 0.05) is 11.7 Å². The van der Waals surface area contributed by atoms with Gasteiger partial charge in [-0.15, -0.1) is 0 Å². The van der Waals surface area contributed by atoms with Crippen molar-refractivity contribution in [2.45, 2.75) is 65.3 Å². The maximum absolute atomic E-state index is 9.36. The molecule has 0 saturated heterocycles. The molecular weight excluding hydrogens is 246 g/mol. The van der Waals surface area contributed by atoms with Gasteiger partial charge in [0.1, 0.15) is 11.9 Å². The highest BCUT2D eigenvalue weighted by atomic mass is 15.0. The van der Waals surface area contributed by atoms with E-state index in [1.807, 2.05) is 19.9 Å². The molecule has 3 nitrogen and oxygen atoms in total. The van der Waals surface area contributed by atoms with E-state index in [9.17, 15) is 5.26 Å². The van der Waals surface area contributed by atoms with Gasteiger partial charge in [-0.05, 0) is 50.7 Å². The van der Waals surface area contributed by atoms with Crippen molar-refractivity contribution >= 4 is 5.82 Å². The third kappa shape index (κ3) is 3.30. The molecule has 1 aliphatic carbocycles. The van der Waals surface area contributed by atoms with Crippen LogP contribution in [0.5, 0.6) is 0 Å². The molecule has 1 fully saturated rings. The lowest BCUT2D eigenvalue weighted by molar-refractivity contribution is 0.312. The zero-order valence-corrected chi connectivity index (χ0v) is 12.9. The van der Waals surface area contributed by atoms with Gasteiger partial charge >= 0.3 is 0 Å². The molecule has 108 valence electrons. The number of aromatic nitrogens is 1. The Morgan fingerprint density at radius 2 is 2.05 bits per heavy atom. The summed E-state index contributed by atoms with van der Waals surface area (Å²) in [6, 6.07) is 4.72. The summed E-state index contributed by atoms with van der Waals surface area (Å²) in [7, 11) is 0. The van der Waals surface area contributed by atoms with Gasteiger partial charge in [-0.25, -0.2) is 4.98 Å². The fraction of sp³-hybridized carbons (Fsp3) is 0.647. The van der Waals surface area contributed by atoms with E-state index in [0.717, 1.165) is 29.4 Å². The number of nitrogens with one attached hydrogen (secondary N) is 1. The maximum Gasteiger partial charge on any atom is 0.144 e. The largest absolute Gasteiger partial charge is 0.366 e. The Morgan fingerprint density at radius 3 is 2.65 bits per heavy atom. The van der Waals surface area contributed by atoms with Crippen LogP contribution < -0.4 is 5.32 Å². The predicted molar refractivity (Wildman–Crippen MR) is 82.7 cm³/mol. The van der Waals surface area contributed by atoms with Gasteiger partial charge in [-0.3, -0.25) is 0 Å². The van der Waals surface area contributed by atoms with Crippen LogP contribution in [0.1, 0.15) is 62.3 Å². The summed E-state index contributed by atoms with van der Waals surface area (Å²) in [5.41, 5.74) is 2.69. The molecule has 1 aromatic rings. The van der Waals surface area contributed by atoms with Crippen molar-refractivity contribution in [3.63, 3.8) is 0 Å². The summed E-state index contributed by atoms with van der Waals surface area (Å²) < 4.78 is 0. The Labute approximate surface area is 122 Å². The van der Waals surface area contributed by atoms with Crippen LogP contribution >= 0.6 is 0 Å². The Morgan fingerprint density at radius 1 is 1.35 bits per heavy atom. The van der Waals surface area contributed by atoms with Crippen molar-refractivity contribution in [3.05, 3.63) is 22.9 Å². The van der Waals surface area contributed by atoms with E-state index >= 15 is 0 Å². The fourth-order valence-electron chi connectivity index (χ4n) is 3.35. The molecule has 1 heterocycles. The molecule has 1 N–H and O–H groups in total. The second-order valence-corrected chi connectivity index (χ2v) is 5.97. The molecule has 0 aromatic carbocycles. The van der Waals surface area contributed by atoms with Gasteiger partial charge in [0.25, 0.3) is 0 Å². The lowest BCUT2D eigenvalue weighted by Gasteiger charge is -2.31. The van der Waals surface area contributed by atoms with Crippen molar-refractivity contribution in [2.75, 3.05) is 5.32 Å². The zero-order valence-electron chi connectivity index (χ0n) is 12.9. The van der Waals surface area contributed by atoms with Gasteiger partial charge in [-0.2, -0.15) is 5.26 Å². The van der Waals surface area contributed by atoms with E-state index in [2.05, 4.69) is 23.3 Å². The molecule has 0 amide bonds. The minimum absolute atomic E-state index is 0.441. The van der Waals surface area contributed by atoms with Crippen LogP contribution in [0.4, 0.5) is 5.82 Å². The Balaban J connectivity index is 2.20. The summed E-state index contributed by atoms with van der Waals surface area (Å²) in [5, 5.41) is 12.9. The SMILES string of the molecule is CCC(Nc1nc(C)cc(C)c1C#N)C1CCCCC1. The molecule has 2 rings (SSSR count). The van der Waals surface area contributed by atoms with E-state index in [1.165, 1.54) is 32.1 Å². The van der Waals surface area contributed by atoms with E-state index in [1.54, 1.807) is 0 Å². The fourth-order valence-corrected chi connectivity index (χ4v) is 3.35. The van der Waals surface area contributed by atoms with E-state index in [-0.39, 0.29) is 0 Å². The quantitative estimate of drug-likeness (QED) is 0.886. The van der Waals surface area contributed by atoms with Crippen LogP contribution in [0.25, 0.3) is 0 Å². The van der Waals surface area contributed by atoms with Crippen LogP contribution in [-0.2, 0) is 0 Å². The van der Waals surface area contributed by atoms with E-state index in [4.69, 9.17) is 0 Å². The van der Waals surface area contributed by atoms with Gasteiger partial charge < -0.3 is 5.32 Å². The smallest absolute Gasteiger partial charge is 0.144 e. The summed E-state index contributed by atoms with van der Waals surface area (Å²) >= 11 is 0. The predicted octanol–water partition coefficient (Wildman–Crippen LogP) is 4.34. The van der Waals surface area contributed by atoms with Gasteiger partial charge in [0.15, 0.2) is 0 Å². The number of rotatable bonds is 4. The van der Waals surface area contributed by atoms with Crippen LogP contribution in [0.2, 0.25) is 0 Å². The lowest BCUT2D eigenvalue weighted by atomic mass is 9.83. The van der Waals surface area contributed by atoms with Crippen molar-refractivity contribution in [1.82, 2.24) is 4.98 Å². The van der Waals surface area contributed by atoms with Gasteiger partial charge in [0.2, 0.25) is 0 Å². The third-order valence-corrected chi connectivity index (χ3v) is 4.44. The Hall–Kier alpha value is -1.56.